The summed E-state index contributed by atoms with van der Waals surface area (Å²) in [7, 11) is 0. The molecule has 26 heavy (non-hydrogen) atoms. The first kappa shape index (κ1) is 17.2. The van der Waals surface area contributed by atoms with Crippen LogP contribution in [0.2, 0.25) is 5.02 Å². The predicted molar refractivity (Wildman–Crippen MR) is 95.7 cm³/mol. The van der Waals surface area contributed by atoms with Crippen molar-refractivity contribution in [1.82, 2.24) is 9.55 Å². The number of hydrogen-bond donors (Lipinski definition) is 1. The van der Waals surface area contributed by atoms with Gasteiger partial charge in [-0.2, -0.15) is 0 Å². The van der Waals surface area contributed by atoms with Crippen LogP contribution in [0.25, 0.3) is 16.7 Å². The van der Waals surface area contributed by atoms with E-state index in [2.05, 4.69) is 4.98 Å². The molecule has 2 aromatic carbocycles. The minimum Gasteiger partial charge on any atom is -0.340 e. The molecule has 136 valence electrons. The fraction of sp³-hybridized carbons (Fsp3) is 0.278. The number of aromatic nitrogens is 2. The van der Waals surface area contributed by atoms with Gasteiger partial charge in [0.2, 0.25) is 5.95 Å². The van der Waals surface area contributed by atoms with Crippen molar-refractivity contribution in [2.24, 2.45) is 5.73 Å². The molecule has 1 aliphatic heterocycles. The van der Waals surface area contributed by atoms with Crippen LogP contribution in [0.1, 0.15) is 6.42 Å². The van der Waals surface area contributed by atoms with Crippen molar-refractivity contribution in [3.05, 3.63) is 53.1 Å². The molecule has 0 unspecified atom stereocenters. The summed E-state index contributed by atoms with van der Waals surface area (Å²) in [4.78, 5) is 6.28. The molecular formula is C18H16ClF3N4. The van der Waals surface area contributed by atoms with Crippen molar-refractivity contribution in [2.75, 3.05) is 18.0 Å². The Bertz CT molecular complexity index is 974. The van der Waals surface area contributed by atoms with E-state index in [9.17, 15) is 13.2 Å². The number of nitrogens with zero attached hydrogens (tertiary/aromatic N) is 3. The van der Waals surface area contributed by atoms with E-state index < -0.39 is 23.8 Å². The molecule has 0 amide bonds. The van der Waals surface area contributed by atoms with Crippen molar-refractivity contribution in [2.45, 2.75) is 18.6 Å². The van der Waals surface area contributed by atoms with Crippen LogP contribution >= 0.6 is 11.6 Å². The molecule has 1 aliphatic rings. The SMILES string of the molecule is N[C@@H]1CN(c2nc3cc(F)c(F)cc3n2-c2ccccc2Cl)CC[C@H]1F. The summed E-state index contributed by atoms with van der Waals surface area (Å²) in [6.45, 7) is 0.646. The fourth-order valence-corrected chi connectivity index (χ4v) is 3.50. The maximum absolute atomic E-state index is 13.9. The third kappa shape index (κ3) is 2.81. The number of alkyl halides is 1. The minimum atomic E-state index is -1.08. The molecule has 4 nitrogen and oxygen atoms in total. The number of para-hydroxylation sites is 1. The highest BCUT2D eigenvalue weighted by atomic mass is 35.5. The average Bonchev–Trinajstić information content (AvgIpc) is 2.96. The van der Waals surface area contributed by atoms with Crippen LogP contribution in [0.4, 0.5) is 19.1 Å². The highest BCUT2D eigenvalue weighted by Crippen LogP contribution is 2.33. The molecule has 2 heterocycles. The van der Waals surface area contributed by atoms with Crippen molar-refractivity contribution >= 4 is 28.6 Å². The Kier molecular flexibility index (Phi) is 4.28. The standard InChI is InChI=1S/C18H16ClF3N4/c19-10-3-1-2-4-16(10)26-17-8-13(22)12(21)7-15(17)24-18(26)25-6-5-11(20)14(23)9-25/h1-4,7-8,11,14H,5-6,9,23H2/t11-,14-/m1/s1. The summed E-state index contributed by atoms with van der Waals surface area (Å²) in [5.41, 5.74) is 7.11. The van der Waals surface area contributed by atoms with Gasteiger partial charge in [-0.15, -0.1) is 0 Å². The largest absolute Gasteiger partial charge is 0.340 e. The third-order valence-electron chi connectivity index (χ3n) is 4.63. The lowest BCUT2D eigenvalue weighted by Crippen LogP contribution is -2.50. The van der Waals surface area contributed by atoms with Gasteiger partial charge in [-0.3, -0.25) is 4.57 Å². The van der Waals surface area contributed by atoms with Gasteiger partial charge in [-0.05, 0) is 18.6 Å². The van der Waals surface area contributed by atoms with Crippen molar-refractivity contribution in [3.8, 4) is 5.69 Å². The van der Waals surface area contributed by atoms with Crippen LogP contribution in [0.3, 0.4) is 0 Å². The van der Waals surface area contributed by atoms with E-state index in [-0.39, 0.29) is 18.5 Å². The number of nitrogens with two attached hydrogens (primary N) is 1. The Hall–Kier alpha value is -2.25. The fourth-order valence-electron chi connectivity index (χ4n) is 3.28. The van der Waals surface area contributed by atoms with E-state index in [1.54, 1.807) is 28.8 Å². The topological polar surface area (TPSA) is 47.1 Å². The average molecular weight is 381 g/mol. The van der Waals surface area contributed by atoms with Crippen LogP contribution in [-0.2, 0) is 0 Å². The zero-order valence-electron chi connectivity index (χ0n) is 13.7. The Labute approximate surface area is 153 Å². The number of fused-ring (bicyclic) bond motifs is 1. The molecule has 1 saturated heterocycles. The number of anilines is 1. The van der Waals surface area contributed by atoms with Gasteiger partial charge in [0.25, 0.3) is 0 Å². The monoisotopic (exact) mass is 380 g/mol. The van der Waals surface area contributed by atoms with Crippen molar-refractivity contribution in [1.29, 1.82) is 0 Å². The number of piperidine rings is 1. The minimum absolute atomic E-state index is 0.250. The number of hydrogen-bond acceptors (Lipinski definition) is 3. The molecule has 0 radical (unpaired) electrons. The molecule has 2 N–H and O–H groups in total. The highest BCUT2D eigenvalue weighted by Gasteiger charge is 2.30. The quantitative estimate of drug-likeness (QED) is 0.735. The summed E-state index contributed by atoms with van der Waals surface area (Å²) in [6.07, 6.45) is -0.824. The Morgan fingerprint density at radius 1 is 1.15 bits per heavy atom. The molecule has 3 aromatic rings. The first-order valence-electron chi connectivity index (χ1n) is 8.22. The lowest BCUT2D eigenvalue weighted by atomic mass is 10.1. The lowest BCUT2D eigenvalue weighted by Gasteiger charge is -2.34. The second-order valence-corrected chi connectivity index (χ2v) is 6.78. The molecule has 8 heteroatoms. The van der Waals surface area contributed by atoms with E-state index >= 15 is 0 Å². The molecule has 0 bridgehead atoms. The van der Waals surface area contributed by atoms with E-state index in [0.717, 1.165) is 12.1 Å². The Morgan fingerprint density at radius 3 is 2.62 bits per heavy atom. The van der Waals surface area contributed by atoms with E-state index in [0.29, 0.717) is 28.7 Å². The van der Waals surface area contributed by atoms with Crippen LogP contribution in [0.5, 0.6) is 0 Å². The maximum Gasteiger partial charge on any atom is 0.211 e. The maximum atomic E-state index is 13.9. The zero-order chi connectivity index (χ0) is 18.4. The van der Waals surface area contributed by atoms with Crippen LogP contribution in [0, 0.1) is 11.6 Å². The van der Waals surface area contributed by atoms with Crippen LogP contribution in [0.15, 0.2) is 36.4 Å². The van der Waals surface area contributed by atoms with Crippen molar-refractivity contribution in [3.63, 3.8) is 0 Å². The third-order valence-corrected chi connectivity index (χ3v) is 4.95. The lowest BCUT2D eigenvalue weighted by molar-refractivity contribution is 0.243. The van der Waals surface area contributed by atoms with Gasteiger partial charge in [-0.1, -0.05) is 23.7 Å². The normalized spacial score (nSPS) is 20.7. The number of benzene rings is 2. The predicted octanol–water partition coefficient (Wildman–Crippen LogP) is 3.83. The summed E-state index contributed by atoms with van der Waals surface area (Å²) in [5.74, 6) is -1.52. The molecule has 2 atom stereocenters. The number of halogens is 4. The first-order chi connectivity index (χ1) is 12.5. The van der Waals surface area contributed by atoms with Gasteiger partial charge in [0.05, 0.1) is 27.8 Å². The second-order valence-electron chi connectivity index (χ2n) is 6.37. The summed E-state index contributed by atoms with van der Waals surface area (Å²) < 4.78 is 43.0. The number of imidazole rings is 1. The van der Waals surface area contributed by atoms with Crippen LogP contribution < -0.4 is 10.6 Å². The van der Waals surface area contributed by atoms with Gasteiger partial charge in [0, 0.05) is 25.2 Å². The van der Waals surface area contributed by atoms with Crippen LogP contribution in [-0.4, -0.2) is 34.9 Å². The van der Waals surface area contributed by atoms with Gasteiger partial charge in [-0.25, -0.2) is 18.2 Å². The van der Waals surface area contributed by atoms with Gasteiger partial charge in [0.15, 0.2) is 11.6 Å². The first-order valence-corrected chi connectivity index (χ1v) is 8.60. The van der Waals surface area contributed by atoms with E-state index in [4.69, 9.17) is 17.3 Å². The van der Waals surface area contributed by atoms with Gasteiger partial charge < -0.3 is 10.6 Å². The molecule has 0 aliphatic carbocycles. The second kappa shape index (κ2) is 6.48. The summed E-state index contributed by atoms with van der Waals surface area (Å²) in [5, 5.41) is 0.433. The van der Waals surface area contributed by atoms with E-state index in [1.807, 2.05) is 4.90 Å². The highest BCUT2D eigenvalue weighted by molar-refractivity contribution is 6.32. The summed E-state index contributed by atoms with van der Waals surface area (Å²) >= 11 is 6.33. The smallest absolute Gasteiger partial charge is 0.211 e. The Morgan fingerprint density at radius 2 is 1.88 bits per heavy atom. The van der Waals surface area contributed by atoms with E-state index in [1.165, 1.54) is 0 Å². The summed E-state index contributed by atoms with van der Waals surface area (Å²) in [6, 6.07) is 8.50. The zero-order valence-corrected chi connectivity index (χ0v) is 14.4. The molecule has 1 fully saturated rings. The molecule has 4 rings (SSSR count). The van der Waals surface area contributed by atoms with Crippen molar-refractivity contribution < 1.29 is 13.2 Å². The molecule has 0 spiro atoms. The molecule has 1 aromatic heterocycles. The van der Waals surface area contributed by atoms with Gasteiger partial charge >= 0.3 is 0 Å². The Balaban J connectivity index is 1.94. The molecule has 0 saturated carbocycles. The molecular weight excluding hydrogens is 365 g/mol. The van der Waals surface area contributed by atoms with Gasteiger partial charge in [0.1, 0.15) is 6.17 Å². The number of rotatable bonds is 2.